The number of hydrogen-bond acceptors (Lipinski definition) is 4. The van der Waals surface area contributed by atoms with Crippen LogP contribution < -0.4 is 4.74 Å². The fourth-order valence-electron chi connectivity index (χ4n) is 2.79. The third-order valence-corrected chi connectivity index (χ3v) is 4.63. The highest BCUT2D eigenvalue weighted by Crippen LogP contribution is 2.33. The Hall–Kier alpha value is -2.50. The van der Waals surface area contributed by atoms with Gasteiger partial charge in [0, 0.05) is 16.3 Å². The van der Waals surface area contributed by atoms with E-state index in [1.165, 1.54) is 0 Å². The van der Waals surface area contributed by atoms with Gasteiger partial charge in [0.2, 0.25) is 0 Å². The van der Waals surface area contributed by atoms with Gasteiger partial charge in [0.25, 0.3) is 0 Å². The van der Waals surface area contributed by atoms with Gasteiger partial charge < -0.3 is 9.47 Å². The van der Waals surface area contributed by atoms with Crippen molar-refractivity contribution in [1.82, 2.24) is 9.55 Å². The summed E-state index contributed by atoms with van der Waals surface area (Å²) in [7, 11) is 1.61. The number of hydrogen-bond donors (Lipinski definition) is 0. The Morgan fingerprint density at radius 1 is 1.15 bits per heavy atom. The number of imidazole rings is 1. The maximum Gasteiger partial charge on any atom is 0.358 e. The first kappa shape index (κ1) is 19.3. The lowest BCUT2D eigenvalue weighted by atomic mass is 10.2. The zero-order valence-electron chi connectivity index (χ0n) is 15.1. The zero-order chi connectivity index (χ0) is 19.6. The third-order valence-electron chi connectivity index (χ3n) is 4.08. The van der Waals surface area contributed by atoms with Crippen LogP contribution in [0.25, 0.3) is 17.1 Å². The molecule has 0 unspecified atom stereocenters. The molecule has 0 fully saturated rings. The van der Waals surface area contributed by atoms with Crippen LogP contribution in [-0.2, 0) is 4.74 Å². The van der Waals surface area contributed by atoms with Crippen LogP contribution >= 0.6 is 23.2 Å². The third kappa shape index (κ3) is 3.80. The molecule has 0 aliphatic rings. The Morgan fingerprint density at radius 2 is 1.85 bits per heavy atom. The molecule has 1 aromatic heterocycles. The number of esters is 1. The van der Waals surface area contributed by atoms with E-state index in [1.54, 1.807) is 32.2 Å². The van der Waals surface area contributed by atoms with Crippen LogP contribution in [0.2, 0.25) is 10.0 Å². The normalized spacial score (nSPS) is 10.7. The minimum Gasteiger partial charge on any atom is -0.497 e. The van der Waals surface area contributed by atoms with E-state index in [-0.39, 0.29) is 12.3 Å². The van der Waals surface area contributed by atoms with Crippen molar-refractivity contribution in [2.75, 3.05) is 13.7 Å². The van der Waals surface area contributed by atoms with Gasteiger partial charge in [0.15, 0.2) is 5.69 Å². The van der Waals surface area contributed by atoms with Crippen molar-refractivity contribution in [1.29, 1.82) is 0 Å². The lowest BCUT2D eigenvalue weighted by molar-refractivity contribution is 0.0519. The molecule has 0 aliphatic carbocycles. The SMILES string of the molecule is CCOC(=O)c1nc(-c2ccc(Cl)cc2Cl)n(-c2ccc(OC)cc2)c1C. The second-order valence-electron chi connectivity index (χ2n) is 5.75. The summed E-state index contributed by atoms with van der Waals surface area (Å²) in [4.78, 5) is 16.9. The largest absolute Gasteiger partial charge is 0.497 e. The quantitative estimate of drug-likeness (QED) is 0.538. The molecular weight excluding hydrogens is 387 g/mol. The Balaban J connectivity index is 2.23. The second kappa shape index (κ2) is 8.03. The summed E-state index contributed by atoms with van der Waals surface area (Å²) in [5, 5.41) is 0.964. The van der Waals surface area contributed by atoms with E-state index in [4.69, 9.17) is 32.7 Å². The standard InChI is InChI=1S/C20H18Cl2N2O3/c1-4-27-20(25)18-12(2)24(14-6-8-15(26-3)9-7-14)19(23-18)16-10-5-13(21)11-17(16)22/h5-11H,4H2,1-3H3. The highest BCUT2D eigenvalue weighted by atomic mass is 35.5. The summed E-state index contributed by atoms with van der Waals surface area (Å²) in [5.74, 6) is 0.782. The maximum absolute atomic E-state index is 12.4. The van der Waals surface area contributed by atoms with Crippen LogP contribution in [-0.4, -0.2) is 29.2 Å². The number of halogens is 2. The molecule has 0 atom stereocenters. The van der Waals surface area contributed by atoms with Crippen molar-refractivity contribution < 1.29 is 14.3 Å². The van der Waals surface area contributed by atoms with Gasteiger partial charge in [-0.15, -0.1) is 0 Å². The summed E-state index contributed by atoms with van der Waals surface area (Å²) in [6.45, 7) is 3.84. The predicted molar refractivity (Wildman–Crippen MR) is 106 cm³/mol. The van der Waals surface area contributed by atoms with Gasteiger partial charge in [-0.2, -0.15) is 0 Å². The Kier molecular flexibility index (Phi) is 5.73. The lowest BCUT2D eigenvalue weighted by Gasteiger charge is -2.12. The van der Waals surface area contributed by atoms with Crippen LogP contribution in [0.15, 0.2) is 42.5 Å². The van der Waals surface area contributed by atoms with E-state index in [1.807, 2.05) is 35.8 Å². The molecule has 0 radical (unpaired) electrons. The fraction of sp³-hybridized carbons (Fsp3) is 0.200. The molecule has 0 amide bonds. The van der Waals surface area contributed by atoms with E-state index in [0.717, 1.165) is 11.4 Å². The molecule has 5 nitrogen and oxygen atoms in total. The zero-order valence-corrected chi connectivity index (χ0v) is 16.6. The highest BCUT2D eigenvalue weighted by Gasteiger charge is 2.23. The van der Waals surface area contributed by atoms with E-state index in [2.05, 4.69) is 4.98 Å². The number of carbonyl (C=O) groups excluding carboxylic acids is 1. The molecule has 0 N–H and O–H groups in total. The number of rotatable bonds is 5. The highest BCUT2D eigenvalue weighted by molar-refractivity contribution is 6.36. The van der Waals surface area contributed by atoms with Crippen molar-refractivity contribution in [3.05, 3.63) is 63.9 Å². The van der Waals surface area contributed by atoms with Crippen molar-refractivity contribution in [2.24, 2.45) is 0 Å². The number of ether oxygens (including phenoxy) is 2. The minimum atomic E-state index is -0.478. The first-order valence-corrected chi connectivity index (χ1v) is 9.08. The summed E-state index contributed by atoms with van der Waals surface area (Å²) < 4.78 is 12.2. The molecule has 0 saturated carbocycles. The Labute approximate surface area is 167 Å². The first-order valence-electron chi connectivity index (χ1n) is 8.32. The number of benzene rings is 2. The van der Waals surface area contributed by atoms with Gasteiger partial charge in [-0.05, 0) is 56.3 Å². The molecule has 0 saturated heterocycles. The van der Waals surface area contributed by atoms with Crippen molar-refractivity contribution in [3.8, 4) is 22.8 Å². The van der Waals surface area contributed by atoms with Crippen molar-refractivity contribution in [3.63, 3.8) is 0 Å². The van der Waals surface area contributed by atoms with Crippen LogP contribution in [0.4, 0.5) is 0 Å². The molecule has 3 rings (SSSR count). The molecule has 0 aliphatic heterocycles. The molecule has 7 heteroatoms. The average molecular weight is 405 g/mol. The van der Waals surface area contributed by atoms with Crippen LogP contribution in [0.5, 0.6) is 5.75 Å². The van der Waals surface area contributed by atoms with Crippen molar-refractivity contribution in [2.45, 2.75) is 13.8 Å². The smallest absolute Gasteiger partial charge is 0.358 e. The van der Waals surface area contributed by atoms with Crippen LogP contribution in [0.1, 0.15) is 23.1 Å². The number of methoxy groups -OCH3 is 1. The van der Waals surface area contributed by atoms with Gasteiger partial charge in [-0.25, -0.2) is 9.78 Å². The summed E-state index contributed by atoms with van der Waals surface area (Å²) in [6, 6.07) is 12.6. The Morgan fingerprint density at radius 3 is 2.44 bits per heavy atom. The van der Waals surface area contributed by atoms with Gasteiger partial charge in [-0.1, -0.05) is 23.2 Å². The van der Waals surface area contributed by atoms with Gasteiger partial charge in [0.1, 0.15) is 11.6 Å². The summed E-state index contributed by atoms with van der Waals surface area (Å²) in [5.41, 5.74) is 2.38. The van der Waals surface area contributed by atoms with Gasteiger partial charge in [0.05, 0.1) is 24.4 Å². The number of carbonyl (C=O) groups is 1. The number of nitrogens with zero attached hydrogens (tertiary/aromatic N) is 2. The maximum atomic E-state index is 12.4. The monoisotopic (exact) mass is 404 g/mol. The summed E-state index contributed by atoms with van der Waals surface area (Å²) >= 11 is 12.4. The molecule has 3 aromatic rings. The van der Waals surface area contributed by atoms with Gasteiger partial charge >= 0.3 is 5.97 Å². The molecule has 140 valence electrons. The van der Waals surface area contributed by atoms with Crippen molar-refractivity contribution >= 4 is 29.2 Å². The average Bonchev–Trinajstić information content (AvgIpc) is 2.99. The fourth-order valence-corrected chi connectivity index (χ4v) is 3.29. The molecule has 2 aromatic carbocycles. The first-order chi connectivity index (χ1) is 13.0. The van der Waals surface area contributed by atoms with Crippen LogP contribution in [0, 0.1) is 6.92 Å². The summed E-state index contributed by atoms with van der Waals surface area (Å²) in [6.07, 6.45) is 0. The lowest BCUT2D eigenvalue weighted by Crippen LogP contribution is -2.07. The van der Waals surface area contributed by atoms with Gasteiger partial charge in [-0.3, -0.25) is 4.57 Å². The molecule has 0 spiro atoms. The number of aromatic nitrogens is 2. The molecular formula is C20H18Cl2N2O3. The van der Waals surface area contributed by atoms with E-state index in [0.29, 0.717) is 27.1 Å². The molecule has 27 heavy (non-hydrogen) atoms. The van der Waals surface area contributed by atoms with Crippen LogP contribution in [0.3, 0.4) is 0 Å². The topological polar surface area (TPSA) is 53.3 Å². The van der Waals surface area contributed by atoms with E-state index >= 15 is 0 Å². The predicted octanol–water partition coefficient (Wildman–Crippen LogP) is 5.34. The second-order valence-corrected chi connectivity index (χ2v) is 6.59. The molecule has 1 heterocycles. The Bertz CT molecular complexity index is 982. The van der Waals surface area contributed by atoms with E-state index < -0.39 is 5.97 Å². The minimum absolute atomic E-state index is 0.244. The van der Waals surface area contributed by atoms with E-state index in [9.17, 15) is 4.79 Å². The molecule has 0 bridgehead atoms.